The number of hydrogen-bond acceptors (Lipinski definition) is 4. The third-order valence-corrected chi connectivity index (χ3v) is 3.88. The highest BCUT2D eigenvalue weighted by Gasteiger charge is 2.24. The molecule has 0 spiro atoms. The van der Waals surface area contributed by atoms with Gasteiger partial charge in [-0.1, -0.05) is 11.6 Å². The molecule has 0 aliphatic carbocycles. The van der Waals surface area contributed by atoms with E-state index in [0.717, 1.165) is 29.2 Å². The Bertz CT molecular complexity index is 625. The minimum absolute atomic E-state index is 0.283. The van der Waals surface area contributed by atoms with E-state index in [0.29, 0.717) is 18.4 Å². The maximum absolute atomic E-state index is 6.16. The Morgan fingerprint density at radius 1 is 1.42 bits per heavy atom. The third-order valence-electron chi connectivity index (χ3n) is 3.68. The lowest BCUT2D eigenvalue weighted by Crippen LogP contribution is -2.44. The van der Waals surface area contributed by atoms with E-state index in [2.05, 4.69) is 21.8 Å². The number of aryl methyl sites for hydroxylation is 2. The van der Waals surface area contributed by atoms with Gasteiger partial charge in [0.1, 0.15) is 16.5 Å². The van der Waals surface area contributed by atoms with E-state index >= 15 is 0 Å². The summed E-state index contributed by atoms with van der Waals surface area (Å²) >= 11 is 6.16. The first-order valence-corrected chi connectivity index (χ1v) is 6.79. The molecular formula is C13H17ClN4O. The molecule has 1 atom stereocenters. The van der Waals surface area contributed by atoms with E-state index in [1.807, 2.05) is 24.6 Å². The zero-order valence-corrected chi connectivity index (χ0v) is 12.1. The Hall–Kier alpha value is -1.33. The van der Waals surface area contributed by atoms with Crippen LogP contribution in [0.25, 0.3) is 11.0 Å². The summed E-state index contributed by atoms with van der Waals surface area (Å²) in [5, 5.41) is 0.504. The lowest BCUT2D eigenvalue weighted by molar-refractivity contribution is 0.0987. The van der Waals surface area contributed by atoms with Crippen LogP contribution in [-0.4, -0.2) is 40.3 Å². The number of hydrogen-bond donors (Lipinski definition) is 0. The molecule has 1 aliphatic heterocycles. The lowest BCUT2D eigenvalue weighted by atomic mass is 10.2. The van der Waals surface area contributed by atoms with Crippen molar-refractivity contribution >= 4 is 28.5 Å². The van der Waals surface area contributed by atoms with Crippen molar-refractivity contribution < 1.29 is 4.74 Å². The molecule has 102 valence electrons. The number of anilines is 1. The summed E-state index contributed by atoms with van der Waals surface area (Å²) < 4.78 is 7.52. The fourth-order valence-electron chi connectivity index (χ4n) is 2.50. The standard InChI is InChI=1S/C13H17ClN4O/c1-8-7-19-5-4-18(8)13-12-10(6-11(14)16-13)17(3)9(2)15-12/h6,8H,4-5,7H2,1-3H3/t8-/m0/s1. The van der Waals surface area contributed by atoms with Gasteiger partial charge in [0.25, 0.3) is 0 Å². The first kappa shape index (κ1) is 12.7. The fraction of sp³-hybridized carbons (Fsp3) is 0.538. The van der Waals surface area contributed by atoms with Crippen LogP contribution in [0.3, 0.4) is 0 Å². The number of imidazole rings is 1. The SMILES string of the molecule is Cc1nc2c(N3CCOC[C@@H]3C)nc(Cl)cc2n1C. The van der Waals surface area contributed by atoms with E-state index in [1.54, 1.807) is 0 Å². The molecule has 0 bridgehead atoms. The fourth-order valence-corrected chi connectivity index (χ4v) is 2.68. The average molecular weight is 281 g/mol. The predicted octanol–water partition coefficient (Wildman–Crippen LogP) is 2.16. The van der Waals surface area contributed by atoms with E-state index in [1.165, 1.54) is 0 Å². The molecule has 0 amide bonds. The quantitative estimate of drug-likeness (QED) is 0.751. The zero-order valence-electron chi connectivity index (χ0n) is 11.4. The van der Waals surface area contributed by atoms with Crippen LogP contribution in [0.1, 0.15) is 12.7 Å². The van der Waals surface area contributed by atoms with Crippen molar-refractivity contribution in [2.45, 2.75) is 19.9 Å². The number of pyridine rings is 1. The van der Waals surface area contributed by atoms with Crippen LogP contribution in [0.2, 0.25) is 5.15 Å². The Morgan fingerprint density at radius 2 is 2.21 bits per heavy atom. The first-order valence-electron chi connectivity index (χ1n) is 6.42. The Labute approximate surface area is 117 Å². The van der Waals surface area contributed by atoms with Crippen molar-refractivity contribution in [2.24, 2.45) is 7.05 Å². The molecule has 0 N–H and O–H groups in total. The molecular weight excluding hydrogens is 264 g/mol. The van der Waals surface area contributed by atoms with Gasteiger partial charge in [-0.2, -0.15) is 0 Å². The summed E-state index contributed by atoms with van der Waals surface area (Å²) in [6.07, 6.45) is 0. The Balaban J connectivity index is 2.19. The number of aromatic nitrogens is 3. The highest BCUT2D eigenvalue weighted by molar-refractivity contribution is 6.30. The second kappa shape index (κ2) is 4.65. The molecule has 1 saturated heterocycles. The van der Waals surface area contributed by atoms with Crippen LogP contribution in [0, 0.1) is 6.92 Å². The molecule has 3 rings (SSSR count). The number of fused-ring (bicyclic) bond motifs is 1. The summed E-state index contributed by atoms with van der Waals surface area (Å²) in [6, 6.07) is 2.15. The van der Waals surface area contributed by atoms with Crippen LogP contribution in [0.15, 0.2) is 6.07 Å². The van der Waals surface area contributed by atoms with Crippen molar-refractivity contribution in [2.75, 3.05) is 24.7 Å². The van der Waals surface area contributed by atoms with Gasteiger partial charge in [0, 0.05) is 19.7 Å². The van der Waals surface area contributed by atoms with Gasteiger partial charge in [-0.25, -0.2) is 9.97 Å². The van der Waals surface area contributed by atoms with Crippen LogP contribution >= 0.6 is 11.6 Å². The van der Waals surface area contributed by atoms with Gasteiger partial charge in [-0.15, -0.1) is 0 Å². The van der Waals surface area contributed by atoms with E-state index in [4.69, 9.17) is 16.3 Å². The van der Waals surface area contributed by atoms with Crippen molar-refractivity contribution in [3.05, 3.63) is 17.0 Å². The van der Waals surface area contributed by atoms with E-state index < -0.39 is 0 Å². The lowest BCUT2D eigenvalue weighted by Gasteiger charge is -2.34. The smallest absolute Gasteiger partial charge is 0.158 e. The predicted molar refractivity (Wildman–Crippen MR) is 75.9 cm³/mol. The van der Waals surface area contributed by atoms with Crippen LogP contribution in [-0.2, 0) is 11.8 Å². The van der Waals surface area contributed by atoms with Gasteiger partial charge in [0.05, 0.1) is 24.8 Å². The highest BCUT2D eigenvalue weighted by atomic mass is 35.5. The van der Waals surface area contributed by atoms with Gasteiger partial charge in [0.15, 0.2) is 5.82 Å². The molecule has 5 nitrogen and oxygen atoms in total. The number of rotatable bonds is 1. The van der Waals surface area contributed by atoms with E-state index in [-0.39, 0.29) is 6.04 Å². The van der Waals surface area contributed by atoms with Crippen molar-refractivity contribution in [3.63, 3.8) is 0 Å². The second-order valence-electron chi connectivity index (χ2n) is 4.97. The Morgan fingerprint density at radius 3 is 2.95 bits per heavy atom. The zero-order chi connectivity index (χ0) is 13.6. The number of ether oxygens (including phenoxy) is 1. The molecule has 2 aromatic rings. The minimum Gasteiger partial charge on any atom is -0.377 e. The van der Waals surface area contributed by atoms with Gasteiger partial charge >= 0.3 is 0 Å². The molecule has 0 saturated carbocycles. The van der Waals surface area contributed by atoms with Crippen molar-refractivity contribution in [1.29, 1.82) is 0 Å². The molecule has 2 aromatic heterocycles. The van der Waals surface area contributed by atoms with Gasteiger partial charge in [-0.05, 0) is 13.8 Å². The van der Waals surface area contributed by atoms with Crippen molar-refractivity contribution in [3.8, 4) is 0 Å². The number of morpholine rings is 1. The monoisotopic (exact) mass is 280 g/mol. The molecule has 1 fully saturated rings. The third kappa shape index (κ3) is 2.07. The maximum atomic E-state index is 6.16. The first-order chi connectivity index (χ1) is 9.08. The summed E-state index contributed by atoms with van der Waals surface area (Å²) in [7, 11) is 1.99. The summed E-state index contributed by atoms with van der Waals surface area (Å²) in [5.74, 6) is 1.82. The summed E-state index contributed by atoms with van der Waals surface area (Å²) in [5.41, 5.74) is 1.93. The highest BCUT2D eigenvalue weighted by Crippen LogP contribution is 2.29. The Kier molecular flexibility index (Phi) is 3.11. The molecule has 3 heterocycles. The average Bonchev–Trinajstić information content (AvgIpc) is 2.66. The maximum Gasteiger partial charge on any atom is 0.158 e. The van der Waals surface area contributed by atoms with Crippen molar-refractivity contribution in [1.82, 2.24) is 14.5 Å². The normalized spacial score (nSPS) is 20.2. The summed E-state index contributed by atoms with van der Waals surface area (Å²) in [6.45, 7) is 6.36. The van der Waals surface area contributed by atoms with Crippen LogP contribution < -0.4 is 4.90 Å². The molecule has 1 aliphatic rings. The van der Waals surface area contributed by atoms with Crippen LogP contribution in [0.4, 0.5) is 5.82 Å². The van der Waals surface area contributed by atoms with Gasteiger partial charge < -0.3 is 14.2 Å². The van der Waals surface area contributed by atoms with Gasteiger partial charge in [-0.3, -0.25) is 0 Å². The molecule has 0 unspecified atom stereocenters. The summed E-state index contributed by atoms with van der Waals surface area (Å²) in [4.78, 5) is 11.3. The van der Waals surface area contributed by atoms with Gasteiger partial charge in [0.2, 0.25) is 0 Å². The van der Waals surface area contributed by atoms with E-state index in [9.17, 15) is 0 Å². The topological polar surface area (TPSA) is 43.2 Å². The molecule has 0 aromatic carbocycles. The number of nitrogens with zero attached hydrogens (tertiary/aromatic N) is 4. The molecule has 6 heteroatoms. The molecule has 19 heavy (non-hydrogen) atoms. The van der Waals surface area contributed by atoms with Crippen LogP contribution in [0.5, 0.6) is 0 Å². The largest absolute Gasteiger partial charge is 0.377 e. The molecule has 0 radical (unpaired) electrons. The number of halogens is 1. The minimum atomic E-state index is 0.283. The second-order valence-corrected chi connectivity index (χ2v) is 5.36.